The molecule has 0 unspecified atom stereocenters. The maximum Gasteiger partial charge on any atom is 0.333 e. The molecule has 3 aromatic heterocycles. The maximum atomic E-state index is 14.7. The van der Waals surface area contributed by atoms with E-state index < -0.39 is 34.7 Å². The number of hydrogen-bond acceptors (Lipinski definition) is 9. The number of carboxylic acids is 1. The predicted molar refractivity (Wildman–Crippen MR) is 155 cm³/mol. The average Bonchev–Trinajstić information content (AvgIpc) is 3.69. The third-order valence-electron chi connectivity index (χ3n) is 8.41. The van der Waals surface area contributed by atoms with Crippen molar-refractivity contribution < 1.29 is 32.9 Å². The Morgan fingerprint density at radius 3 is 2.60 bits per heavy atom. The third-order valence-corrected chi connectivity index (χ3v) is 9.72. The highest BCUT2D eigenvalue weighted by Gasteiger charge is 2.39. The van der Waals surface area contributed by atoms with Crippen LogP contribution in [0.2, 0.25) is 0 Å². The molecule has 2 bridgehead atoms. The van der Waals surface area contributed by atoms with Gasteiger partial charge >= 0.3 is 11.7 Å². The molecule has 43 heavy (non-hydrogen) atoms. The summed E-state index contributed by atoms with van der Waals surface area (Å²) in [6.45, 7) is 4.15. The second-order valence-corrected chi connectivity index (χ2v) is 12.5. The second-order valence-electron chi connectivity index (χ2n) is 11.5. The summed E-state index contributed by atoms with van der Waals surface area (Å²) >= 11 is 1.14. The molecule has 11 nitrogen and oxygen atoms in total. The number of ether oxygens (including phenoxy) is 3. The topological polar surface area (TPSA) is 135 Å². The van der Waals surface area contributed by atoms with Crippen LogP contribution < -0.4 is 16.0 Å². The average molecular weight is 614 g/mol. The minimum absolute atomic E-state index is 0.0646. The first-order valence-corrected chi connectivity index (χ1v) is 14.9. The number of rotatable bonds is 9. The van der Waals surface area contributed by atoms with Crippen molar-refractivity contribution in [2.75, 3.05) is 7.11 Å². The molecule has 4 aromatic rings. The largest absolute Gasteiger partial charge is 0.496 e. The van der Waals surface area contributed by atoms with E-state index in [0.717, 1.165) is 28.7 Å². The number of thiophene rings is 1. The Morgan fingerprint density at radius 1 is 1.26 bits per heavy atom. The number of fused-ring (bicyclic) bond motifs is 3. The van der Waals surface area contributed by atoms with Gasteiger partial charge in [-0.15, -0.1) is 11.3 Å². The molecule has 2 fully saturated rings. The Labute approximate surface area is 249 Å². The fraction of sp³-hybridized carbons (Fsp3) is 0.467. The molecule has 3 atom stereocenters. The van der Waals surface area contributed by atoms with Gasteiger partial charge in [0.25, 0.3) is 5.56 Å². The standard InChI is InChI=1S/C30H32FN3O8S/c1-15-23-26(35)34(30(2,3)28(36)37)29(38)33(27(23)43-24(15)25-32-9-10-40-25)14-22(20-11-16(31)5-8-21(20)39-4)42-19-12-17-6-7-18(13-19)41-17/h5,8-11,17-19,22H,6-7,12-14H2,1-4H3,(H,36,37)/t17-,18-,22+/m1/s1. The van der Waals surface area contributed by atoms with E-state index in [4.69, 9.17) is 18.6 Å². The fourth-order valence-corrected chi connectivity index (χ4v) is 7.37. The van der Waals surface area contributed by atoms with E-state index in [1.165, 1.54) is 56.2 Å². The zero-order valence-corrected chi connectivity index (χ0v) is 25.0. The number of hydrogen-bond donors (Lipinski definition) is 1. The molecule has 0 spiro atoms. The molecule has 2 aliphatic rings. The smallest absolute Gasteiger partial charge is 0.333 e. The SMILES string of the molecule is COc1ccc(F)cc1[C@H](Cn1c(=O)n(C(C)(C)C(=O)O)c(=O)c2c(C)c(-c3ncco3)sc21)OC1C[C@H]2CC[C@H](C1)O2. The number of carboxylic acid groups (broad SMARTS) is 1. The van der Waals surface area contributed by atoms with Crippen LogP contribution in [0.15, 0.2) is 44.7 Å². The molecule has 1 N–H and O–H groups in total. The van der Waals surface area contributed by atoms with Crippen LogP contribution in [-0.4, -0.2) is 50.6 Å². The van der Waals surface area contributed by atoms with Gasteiger partial charge in [-0.2, -0.15) is 0 Å². The number of benzene rings is 1. The van der Waals surface area contributed by atoms with Crippen molar-refractivity contribution in [2.45, 2.75) is 83.0 Å². The summed E-state index contributed by atoms with van der Waals surface area (Å²) in [6, 6.07) is 4.09. The van der Waals surface area contributed by atoms with E-state index in [2.05, 4.69) is 4.98 Å². The first kappa shape index (κ1) is 29.3. The summed E-state index contributed by atoms with van der Waals surface area (Å²) < 4.78 is 40.5. The lowest BCUT2D eigenvalue weighted by Gasteiger charge is -2.33. The van der Waals surface area contributed by atoms with Crippen molar-refractivity contribution in [1.82, 2.24) is 14.1 Å². The minimum atomic E-state index is -1.88. The molecular formula is C30H32FN3O8S. The van der Waals surface area contributed by atoms with E-state index in [1.54, 1.807) is 6.92 Å². The Morgan fingerprint density at radius 2 is 1.98 bits per heavy atom. The fourth-order valence-electron chi connectivity index (χ4n) is 6.13. The number of nitrogens with zero attached hydrogens (tertiary/aromatic N) is 3. The Bertz CT molecular complexity index is 1800. The molecule has 2 aliphatic heterocycles. The van der Waals surface area contributed by atoms with Crippen LogP contribution in [0.4, 0.5) is 4.39 Å². The van der Waals surface area contributed by atoms with Gasteiger partial charge < -0.3 is 23.7 Å². The summed E-state index contributed by atoms with van der Waals surface area (Å²) in [4.78, 5) is 45.5. The van der Waals surface area contributed by atoms with Gasteiger partial charge in [-0.1, -0.05) is 0 Å². The number of aryl methyl sites for hydroxylation is 1. The van der Waals surface area contributed by atoms with Crippen molar-refractivity contribution in [1.29, 1.82) is 0 Å². The number of carbonyl (C=O) groups is 1. The Kier molecular flexibility index (Phi) is 7.51. The molecule has 0 aliphatic carbocycles. The van der Waals surface area contributed by atoms with Crippen LogP contribution in [-0.2, 0) is 26.4 Å². The molecule has 5 heterocycles. The minimum Gasteiger partial charge on any atom is -0.496 e. The molecule has 13 heteroatoms. The zero-order chi connectivity index (χ0) is 30.6. The Hall–Kier alpha value is -3.81. The summed E-state index contributed by atoms with van der Waals surface area (Å²) in [6.07, 6.45) is 5.05. The van der Waals surface area contributed by atoms with Crippen molar-refractivity contribution in [2.24, 2.45) is 0 Å². The zero-order valence-electron chi connectivity index (χ0n) is 24.2. The van der Waals surface area contributed by atoms with Crippen molar-refractivity contribution in [3.63, 3.8) is 0 Å². The van der Waals surface area contributed by atoms with Gasteiger partial charge in [-0.25, -0.2) is 23.5 Å². The van der Waals surface area contributed by atoms with Crippen LogP contribution in [0.3, 0.4) is 0 Å². The molecular weight excluding hydrogens is 581 g/mol. The summed E-state index contributed by atoms with van der Waals surface area (Å²) in [7, 11) is 1.47. The normalized spacial score (nSPS) is 20.9. The number of aromatic nitrogens is 3. The summed E-state index contributed by atoms with van der Waals surface area (Å²) in [5, 5.41) is 10.2. The lowest BCUT2D eigenvalue weighted by Crippen LogP contribution is -2.52. The molecule has 228 valence electrons. The number of aliphatic carboxylic acids is 1. The van der Waals surface area contributed by atoms with Gasteiger partial charge in [0.2, 0.25) is 5.89 Å². The van der Waals surface area contributed by atoms with E-state index >= 15 is 0 Å². The number of oxazole rings is 1. The van der Waals surface area contributed by atoms with Gasteiger partial charge in [0.05, 0.1) is 48.4 Å². The lowest BCUT2D eigenvalue weighted by molar-refractivity contribution is -0.146. The van der Waals surface area contributed by atoms with Crippen LogP contribution >= 0.6 is 11.3 Å². The predicted octanol–water partition coefficient (Wildman–Crippen LogP) is 4.62. The van der Waals surface area contributed by atoms with Crippen molar-refractivity contribution in [3.05, 3.63) is 68.4 Å². The number of halogens is 1. The van der Waals surface area contributed by atoms with Crippen molar-refractivity contribution in [3.8, 4) is 16.5 Å². The quantitative estimate of drug-likeness (QED) is 0.287. The van der Waals surface area contributed by atoms with Crippen LogP contribution in [0.5, 0.6) is 5.75 Å². The molecule has 0 radical (unpaired) electrons. The summed E-state index contributed by atoms with van der Waals surface area (Å²) in [5.41, 5.74) is -2.57. The first-order valence-electron chi connectivity index (χ1n) is 14.1. The summed E-state index contributed by atoms with van der Waals surface area (Å²) in [5.74, 6) is -1.23. The second kappa shape index (κ2) is 11.0. The van der Waals surface area contributed by atoms with Crippen LogP contribution in [0, 0.1) is 12.7 Å². The van der Waals surface area contributed by atoms with E-state index in [-0.39, 0.29) is 36.1 Å². The van der Waals surface area contributed by atoms with E-state index in [9.17, 15) is 23.9 Å². The van der Waals surface area contributed by atoms with E-state index in [1.807, 2.05) is 0 Å². The first-order chi connectivity index (χ1) is 20.5. The lowest BCUT2D eigenvalue weighted by atomic mass is 10.0. The third kappa shape index (κ3) is 5.08. The van der Waals surface area contributed by atoms with Crippen LogP contribution in [0.25, 0.3) is 21.0 Å². The van der Waals surface area contributed by atoms with Crippen molar-refractivity contribution >= 4 is 27.5 Å². The highest BCUT2D eigenvalue weighted by Crippen LogP contribution is 2.40. The molecule has 6 rings (SSSR count). The highest BCUT2D eigenvalue weighted by molar-refractivity contribution is 7.22. The van der Waals surface area contributed by atoms with E-state index in [0.29, 0.717) is 39.4 Å². The molecule has 1 aromatic carbocycles. The highest BCUT2D eigenvalue weighted by atomic mass is 32.1. The van der Waals surface area contributed by atoms with Gasteiger partial charge in [-0.3, -0.25) is 9.36 Å². The van der Waals surface area contributed by atoms with Gasteiger partial charge in [0.1, 0.15) is 34.3 Å². The van der Waals surface area contributed by atoms with Gasteiger partial charge in [-0.05, 0) is 70.2 Å². The molecule has 2 saturated heterocycles. The molecule has 0 saturated carbocycles. The van der Waals surface area contributed by atoms with Gasteiger partial charge in [0, 0.05) is 5.56 Å². The van der Waals surface area contributed by atoms with Crippen LogP contribution in [0.1, 0.15) is 56.8 Å². The number of methoxy groups -OCH3 is 1. The Balaban J connectivity index is 1.57. The monoisotopic (exact) mass is 613 g/mol. The molecule has 0 amide bonds. The maximum absolute atomic E-state index is 14.7. The van der Waals surface area contributed by atoms with Gasteiger partial charge in [0.15, 0.2) is 0 Å².